The van der Waals surface area contributed by atoms with Crippen LogP contribution in [0.2, 0.25) is 0 Å². The first-order valence-electron chi connectivity index (χ1n) is 10.8. The van der Waals surface area contributed by atoms with Crippen molar-refractivity contribution in [2.45, 2.75) is 20.3 Å². The van der Waals surface area contributed by atoms with Crippen molar-refractivity contribution in [3.05, 3.63) is 77.6 Å². The molecule has 1 fully saturated rings. The number of H-pyrrole nitrogens is 1. The van der Waals surface area contributed by atoms with Crippen molar-refractivity contribution in [2.75, 3.05) is 26.2 Å². The molecule has 3 aromatic rings. The molecule has 0 radical (unpaired) electrons. The lowest BCUT2D eigenvalue weighted by Crippen LogP contribution is -2.38. The van der Waals surface area contributed by atoms with E-state index in [-0.39, 0.29) is 17.7 Å². The van der Waals surface area contributed by atoms with Gasteiger partial charge in [-0.1, -0.05) is 54.1 Å². The third kappa shape index (κ3) is 4.68. The van der Waals surface area contributed by atoms with E-state index in [1.54, 1.807) is 17.2 Å². The summed E-state index contributed by atoms with van der Waals surface area (Å²) in [5.41, 5.74) is 5.13. The molecule has 2 heterocycles. The van der Waals surface area contributed by atoms with E-state index >= 15 is 0 Å². The highest BCUT2D eigenvalue weighted by Crippen LogP contribution is 2.23. The average molecular weight is 417 g/mol. The van der Waals surface area contributed by atoms with Crippen molar-refractivity contribution in [3.63, 3.8) is 0 Å². The number of aryl methyl sites for hydroxylation is 1. The quantitative estimate of drug-likeness (QED) is 0.692. The fraction of sp³-hybridized carbons (Fsp3) is 0.320. The van der Waals surface area contributed by atoms with Crippen LogP contribution in [-0.2, 0) is 11.2 Å². The fourth-order valence-electron chi connectivity index (χ4n) is 4.18. The summed E-state index contributed by atoms with van der Waals surface area (Å²) >= 11 is 0. The first-order valence-corrected chi connectivity index (χ1v) is 10.8. The molecule has 160 valence electrons. The summed E-state index contributed by atoms with van der Waals surface area (Å²) in [5, 5.41) is 6.62. The minimum Gasteiger partial charge on any atom is -0.341 e. The van der Waals surface area contributed by atoms with Gasteiger partial charge in [0.05, 0.1) is 5.92 Å². The molecule has 31 heavy (non-hydrogen) atoms. The molecule has 1 aliphatic heterocycles. The summed E-state index contributed by atoms with van der Waals surface area (Å²) in [4.78, 5) is 29.6. The van der Waals surface area contributed by atoms with Crippen LogP contribution >= 0.6 is 0 Å². The number of aromatic nitrogens is 2. The van der Waals surface area contributed by atoms with E-state index in [2.05, 4.69) is 65.7 Å². The van der Waals surface area contributed by atoms with Gasteiger partial charge in [0.1, 0.15) is 5.69 Å². The number of amides is 2. The predicted molar refractivity (Wildman–Crippen MR) is 121 cm³/mol. The summed E-state index contributed by atoms with van der Waals surface area (Å²) in [6, 6.07) is 18.5. The van der Waals surface area contributed by atoms with Gasteiger partial charge >= 0.3 is 0 Å². The summed E-state index contributed by atoms with van der Waals surface area (Å²) in [6.07, 6.45) is 2.18. The number of nitrogens with one attached hydrogen (secondary N) is 1. The molecular formula is C25H28N4O2. The second kappa shape index (κ2) is 9.16. The maximum Gasteiger partial charge on any atom is 0.271 e. The molecule has 1 atom stereocenters. The smallest absolute Gasteiger partial charge is 0.271 e. The Morgan fingerprint density at radius 3 is 2.58 bits per heavy atom. The van der Waals surface area contributed by atoms with Gasteiger partial charge in [-0.05, 0) is 43.0 Å². The molecule has 1 N–H and O–H groups in total. The third-order valence-electron chi connectivity index (χ3n) is 5.93. The molecule has 2 amide bonds. The van der Waals surface area contributed by atoms with E-state index in [9.17, 15) is 9.59 Å². The molecule has 1 saturated heterocycles. The normalized spacial score (nSPS) is 17.0. The molecule has 0 aliphatic carbocycles. The van der Waals surface area contributed by atoms with E-state index in [0.29, 0.717) is 38.3 Å². The molecule has 6 heteroatoms. The zero-order valence-electron chi connectivity index (χ0n) is 18.0. The van der Waals surface area contributed by atoms with Gasteiger partial charge in [-0.2, -0.15) is 5.10 Å². The lowest BCUT2D eigenvalue weighted by Gasteiger charge is -2.23. The van der Waals surface area contributed by atoms with Crippen molar-refractivity contribution in [2.24, 2.45) is 5.92 Å². The number of rotatable bonds is 5. The summed E-state index contributed by atoms with van der Waals surface area (Å²) < 4.78 is 0. The van der Waals surface area contributed by atoms with E-state index in [0.717, 1.165) is 11.1 Å². The Morgan fingerprint density at radius 2 is 1.90 bits per heavy atom. The van der Waals surface area contributed by atoms with Crippen molar-refractivity contribution in [1.29, 1.82) is 0 Å². The second-order valence-electron chi connectivity index (χ2n) is 8.11. The number of aromatic amines is 1. The van der Waals surface area contributed by atoms with E-state index in [1.807, 2.05) is 11.8 Å². The van der Waals surface area contributed by atoms with Crippen LogP contribution in [0.25, 0.3) is 11.1 Å². The number of benzene rings is 2. The maximum atomic E-state index is 13.1. The predicted octanol–water partition coefficient (Wildman–Crippen LogP) is 3.55. The highest BCUT2D eigenvalue weighted by atomic mass is 16.2. The van der Waals surface area contributed by atoms with Crippen LogP contribution in [0.15, 0.2) is 60.8 Å². The van der Waals surface area contributed by atoms with Gasteiger partial charge in [-0.15, -0.1) is 0 Å². The number of hydrogen-bond acceptors (Lipinski definition) is 3. The Balaban J connectivity index is 1.53. The Kier molecular flexibility index (Phi) is 6.16. The fourth-order valence-corrected chi connectivity index (χ4v) is 4.18. The van der Waals surface area contributed by atoms with Crippen LogP contribution < -0.4 is 0 Å². The van der Waals surface area contributed by atoms with Crippen LogP contribution in [0.5, 0.6) is 0 Å². The van der Waals surface area contributed by atoms with E-state index in [1.165, 1.54) is 11.1 Å². The molecule has 6 nitrogen and oxygen atoms in total. The molecule has 0 unspecified atom stereocenters. The molecule has 1 aliphatic rings. The number of carbonyl (C=O) groups excluding carboxylic acids is 2. The van der Waals surface area contributed by atoms with Gasteiger partial charge < -0.3 is 9.80 Å². The van der Waals surface area contributed by atoms with Gasteiger partial charge in [0.25, 0.3) is 5.91 Å². The summed E-state index contributed by atoms with van der Waals surface area (Å²) in [6.45, 7) is 6.21. The van der Waals surface area contributed by atoms with E-state index < -0.39 is 0 Å². The summed E-state index contributed by atoms with van der Waals surface area (Å²) in [5.74, 6) is -0.257. The Hall–Kier alpha value is -3.41. The van der Waals surface area contributed by atoms with Crippen LogP contribution in [0.3, 0.4) is 0 Å². The Morgan fingerprint density at radius 1 is 1.10 bits per heavy atom. The maximum absolute atomic E-state index is 13.1. The minimum atomic E-state index is -0.265. The minimum absolute atomic E-state index is 0.108. The standard InChI is InChI=1S/C25H28N4O2/c1-3-28-13-14-29(25(31)23-11-12-26-27-23)17-22(24(28)30)16-19-7-9-20(10-8-19)21-6-4-5-18(2)15-21/h4-12,15,22H,3,13-14,16-17H2,1-2H3,(H,26,27)/t22-/m1/s1. The molecule has 0 spiro atoms. The highest BCUT2D eigenvalue weighted by molar-refractivity contribution is 5.93. The molecular weight excluding hydrogens is 388 g/mol. The van der Waals surface area contributed by atoms with Crippen LogP contribution in [0, 0.1) is 12.8 Å². The van der Waals surface area contributed by atoms with Crippen LogP contribution in [-0.4, -0.2) is 58.0 Å². The van der Waals surface area contributed by atoms with E-state index in [4.69, 9.17) is 0 Å². The highest BCUT2D eigenvalue weighted by Gasteiger charge is 2.32. The third-order valence-corrected chi connectivity index (χ3v) is 5.93. The lowest BCUT2D eigenvalue weighted by atomic mass is 9.95. The van der Waals surface area contributed by atoms with Gasteiger partial charge in [0, 0.05) is 32.4 Å². The van der Waals surface area contributed by atoms with Crippen molar-refractivity contribution in [1.82, 2.24) is 20.0 Å². The zero-order chi connectivity index (χ0) is 21.8. The summed E-state index contributed by atoms with van der Waals surface area (Å²) in [7, 11) is 0. The first-order chi connectivity index (χ1) is 15.0. The van der Waals surface area contributed by atoms with Crippen LogP contribution in [0.4, 0.5) is 0 Å². The molecule has 2 aromatic carbocycles. The SMILES string of the molecule is CCN1CCN(C(=O)c2ccn[nH]2)C[C@@H](Cc2ccc(-c3cccc(C)c3)cc2)C1=O. The van der Waals surface area contributed by atoms with Gasteiger partial charge in [-0.25, -0.2) is 0 Å². The molecule has 0 bridgehead atoms. The van der Waals surface area contributed by atoms with Gasteiger partial charge in [0.2, 0.25) is 5.91 Å². The van der Waals surface area contributed by atoms with Gasteiger partial charge in [0.15, 0.2) is 0 Å². The number of nitrogens with zero attached hydrogens (tertiary/aromatic N) is 3. The average Bonchev–Trinajstić information content (AvgIpc) is 3.27. The number of likely N-dealkylation sites (N-methyl/N-ethyl adjacent to an activating group) is 1. The Bertz CT molecular complexity index is 1040. The van der Waals surface area contributed by atoms with Crippen LogP contribution in [0.1, 0.15) is 28.5 Å². The molecule has 1 aromatic heterocycles. The Labute approximate surface area is 182 Å². The second-order valence-corrected chi connectivity index (χ2v) is 8.11. The zero-order valence-corrected chi connectivity index (χ0v) is 18.0. The molecule has 4 rings (SSSR count). The topological polar surface area (TPSA) is 69.3 Å². The van der Waals surface area contributed by atoms with Crippen molar-refractivity contribution < 1.29 is 9.59 Å². The van der Waals surface area contributed by atoms with Gasteiger partial charge in [-0.3, -0.25) is 14.7 Å². The number of hydrogen-bond donors (Lipinski definition) is 1. The largest absolute Gasteiger partial charge is 0.341 e. The monoisotopic (exact) mass is 416 g/mol. The number of carbonyl (C=O) groups is 2. The first kappa shape index (κ1) is 20.8. The van der Waals surface area contributed by atoms with Crippen molar-refractivity contribution in [3.8, 4) is 11.1 Å². The molecule has 0 saturated carbocycles. The van der Waals surface area contributed by atoms with Crippen molar-refractivity contribution >= 4 is 11.8 Å². The lowest BCUT2D eigenvalue weighted by molar-refractivity contribution is -0.134.